The predicted molar refractivity (Wildman–Crippen MR) is 104 cm³/mol. The standard InChI is InChI=1S/C19H18ClN5O2/c20-14-9-6-13(7-10-14)8-11-17(26)27-12-16-23-18(21)25-19(24-16)22-15-4-2-1-3-5-15/h1-7,9-10H,8,11-12H2,(H3,21,22,23,24,25). The number of benzene rings is 2. The number of carbonyl (C=O) groups is 1. The van der Waals surface area contributed by atoms with Crippen molar-refractivity contribution in [2.24, 2.45) is 0 Å². The first-order valence-corrected chi connectivity index (χ1v) is 8.69. The molecular weight excluding hydrogens is 366 g/mol. The molecule has 1 heterocycles. The molecule has 27 heavy (non-hydrogen) atoms. The molecule has 3 rings (SSSR count). The van der Waals surface area contributed by atoms with Crippen LogP contribution in [0.15, 0.2) is 54.6 Å². The number of aryl methyl sites for hydroxylation is 1. The van der Waals surface area contributed by atoms with Crippen LogP contribution in [0.2, 0.25) is 5.02 Å². The van der Waals surface area contributed by atoms with Crippen molar-refractivity contribution in [1.29, 1.82) is 0 Å². The number of anilines is 3. The number of para-hydroxylation sites is 1. The van der Waals surface area contributed by atoms with Gasteiger partial charge in [-0.1, -0.05) is 41.9 Å². The van der Waals surface area contributed by atoms with E-state index in [1.54, 1.807) is 12.1 Å². The molecule has 0 bridgehead atoms. The zero-order valence-electron chi connectivity index (χ0n) is 14.4. The van der Waals surface area contributed by atoms with Crippen LogP contribution >= 0.6 is 11.6 Å². The van der Waals surface area contributed by atoms with Gasteiger partial charge in [-0.25, -0.2) is 0 Å². The number of hydrogen-bond acceptors (Lipinski definition) is 7. The third-order valence-corrected chi connectivity index (χ3v) is 3.87. The summed E-state index contributed by atoms with van der Waals surface area (Å²) in [6.07, 6.45) is 0.813. The van der Waals surface area contributed by atoms with Crippen LogP contribution in [0.1, 0.15) is 17.8 Å². The summed E-state index contributed by atoms with van der Waals surface area (Å²) in [6, 6.07) is 16.8. The molecule has 3 N–H and O–H groups in total. The largest absolute Gasteiger partial charge is 0.457 e. The Kier molecular flexibility index (Phi) is 6.17. The molecule has 7 nitrogen and oxygen atoms in total. The quantitative estimate of drug-likeness (QED) is 0.601. The number of hydrogen-bond donors (Lipinski definition) is 2. The fourth-order valence-electron chi connectivity index (χ4n) is 2.32. The second kappa shape index (κ2) is 8.95. The highest BCUT2D eigenvalue weighted by Gasteiger charge is 2.09. The summed E-state index contributed by atoms with van der Waals surface area (Å²) in [5, 5.41) is 3.69. The number of aromatic nitrogens is 3. The second-order valence-electron chi connectivity index (χ2n) is 5.71. The third kappa shape index (κ3) is 5.93. The van der Waals surface area contributed by atoms with E-state index >= 15 is 0 Å². The first-order chi connectivity index (χ1) is 13.1. The maximum Gasteiger partial charge on any atom is 0.306 e. The number of esters is 1. The number of halogens is 1. The van der Waals surface area contributed by atoms with Gasteiger partial charge in [0.25, 0.3) is 0 Å². The maximum absolute atomic E-state index is 12.0. The van der Waals surface area contributed by atoms with Crippen molar-refractivity contribution in [3.8, 4) is 0 Å². The van der Waals surface area contributed by atoms with Gasteiger partial charge >= 0.3 is 5.97 Å². The van der Waals surface area contributed by atoms with E-state index in [-0.39, 0.29) is 30.8 Å². The van der Waals surface area contributed by atoms with E-state index in [2.05, 4.69) is 20.3 Å². The predicted octanol–water partition coefficient (Wildman–Crippen LogP) is 3.53. The summed E-state index contributed by atoms with van der Waals surface area (Å²) in [7, 11) is 0. The molecule has 2 aromatic carbocycles. The fraction of sp³-hybridized carbons (Fsp3) is 0.158. The summed E-state index contributed by atoms with van der Waals surface area (Å²) in [5.41, 5.74) is 7.54. The van der Waals surface area contributed by atoms with E-state index in [1.165, 1.54) is 0 Å². The lowest BCUT2D eigenvalue weighted by Gasteiger charge is -2.08. The van der Waals surface area contributed by atoms with Crippen molar-refractivity contribution in [2.45, 2.75) is 19.4 Å². The highest BCUT2D eigenvalue weighted by atomic mass is 35.5. The van der Waals surface area contributed by atoms with E-state index in [1.807, 2.05) is 42.5 Å². The van der Waals surface area contributed by atoms with Crippen molar-refractivity contribution in [3.05, 3.63) is 71.0 Å². The molecule has 0 atom stereocenters. The zero-order chi connectivity index (χ0) is 19.1. The Hall–Kier alpha value is -3.19. The van der Waals surface area contributed by atoms with Gasteiger partial charge in [0.05, 0.1) is 0 Å². The van der Waals surface area contributed by atoms with Crippen LogP contribution < -0.4 is 11.1 Å². The lowest BCUT2D eigenvalue weighted by molar-refractivity contribution is -0.145. The summed E-state index contributed by atoms with van der Waals surface area (Å²) in [4.78, 5) is 24.2. The van der Waals surface area contributed by atoms with E-state index in [0.29, 0.717) is 17.4 Å². The highest BCUT2D eigenvalue weighted by molar-refractivity contribution is 6.30. The molecule has 1 aromatic heterocycles. The molecule has 0 unspecified atom stereocenters. The molecule has 0 saturated heterocycles. The van der Waals surface area contributed by atoms with Crippen molar-refractivity contribution in [2.75, 3.05) is 11.1 Å². The molecule has 0 aliphatic rings. The van der Waals surface area contributed by atoms with Gasteiger partial charge in [-0.05, 0) is 36.2 Å². The van der Waals surface area contributed by atoms with Crippen molar-refractivity contribution < 1.29 is 9.53 Å². The number of rotatable bonds is 7. The smallest absolute Gasteiger partial charge is 0.306 e. The molecule has 8 heteroatoms. The molecule has 0 aliphatic carbocycles. The minimum Gasteiger partial charge on any atom is -0.457 e. The van der Waals surface area contributed by atoms with Crippen molar-refractivity contribution in [3.63, 3.8) is 0 Å². The summed E-state index contributed by atoms with van der Waals surface area (Å²) in [6.45, 7) is -0.0738. The van der Waals surface area contributed by atoms with Crippen LogP contribution in [0.4, 0.5) is 17.6 Å². The summed E-state index contributed by atoms with van der Waals surface area (Å²) >= 11 is 5.84. The molecular formula is C19H18ClN5O2. The van der Waals surface area contributed by atoms with Crippen LogP contribution in [-0.2, 0) is 22.6 Å². The fourth-order valence-corrected chi connectivity index (χ4v) is 2.45. The molecule has 0 aliphatic heterocycles. The number of nitrogens with one attached hydrogen (secondary N) is 1. The number of carbonyl (C=O) groups excluding carboxylic acids is 1. The van der Waals surface area contributed by atoms with Crippen LogP contribution in [0, 0.1) is 0 Å². The highest BCUT2D eigenvalue weighted by Crippen LogP contribution is 2.14. The minimum atomic E-state index is -0.346. The molecule has 0 fully saturated rings. The molecule has 0 radical (unpaired) electrons. The number of nitrogens with zero attached hydrogens (tertiary/aromatic N) is 3. The monoisotopic (exact) mass is 383 g/mol. The minimum absolute atomic E-state index is 0.0515. The Morgan fingerprint density at radius 1 is 1.04 bits per heavy atom. The van der Waals surface area contributed by atoms with Gasteiger partial charge in [0.15, 0.2) is 12.4 Å². The Balaban J connectivity index is 1.54. The Morgan fingerprint density at radius 3 is 2.52 bits per heavy atom. The van der Waals surface area contributed by atoms with Crippen LogP contribution in [0.3, 0.4) is 0 Å². The van der Waals surface area contributed by atoms with E-state index in [9.17, 15) is 4.79 Å². The van der Waals surface area contributed by atoms with E-state index in [4.69, 9.17) is 22.1 Å². The van der Waals surface area contributed by atoms with Gasteiger partial charge < -0.3 is 15.8 Å². The first-order valence-electron chi connectivity index (χ1n) is 8.31. The molecule has 0 amide bonds. The van der Waals surface area contributed by atoms with Crippen LogP contribution in [0.25, 0.3) is 0 Å². The lowest BCUT2D eigenvalue weighted by atomic mass is 10.1. The van der Waals surface area contributed by atoms with Crippen LogP contribution in [0.5, 0.6) is 0 Å². The average molecular weight is 384 g/mol. The number of ether oxygens (including phenoxy) is 1. The van der Waals surface area contributed by atoms with Gasteiger partial charge in [0.2, 0.25) is 11.9 Å². The molecule has 0 spiro atoms. The zero-order valence-corrected chi connectivity index (χ0v) is 15.2. The molecule has 3 aromatic rings. The van der Waals surface area contributed by atoms with Gasteiger partial charge in [-0.15, -0.1) is 0 Å². The van der Waals surface area contributed by atoms with E-state index < -0.39 is 0 Å². The Morgan fingerprint density at radius 2 is 1.78 bits per heavy atom. The van der Waals surface area contributed by atoms with Gasteiger partial charge in [-0.3, -0.25) is 4.79 Å². The normalized spacial score (nSPS) is 10.4. The third-order valence-electron chi connectivity index (χ3n) is 3.62. The van der Waals surface area contributed by atoms with Crippen molar-refractivity contribution in [1.82, 2.24) is 15.0 Å². The van der Waals surface area contributed by atoms with E-state index in [0.717, 1.165) is 11.3 Å². The Labute approximate surface area is 161 Å². The molecule has 138 valence electrons. The van der Waals surface area contributed by atoms with Crippen LogP contribution in [-0.4, -0.2) is 20.9 Å². The summed E-state index contributed by atoms with van der Waals surface area (Å²) in [5.74, 6) is 0.277. The topological polar surface area (TPSA) is 103 Å². The average Bonchev–Trinajstić information content (AvgIpc) is 2.66. The molecule has 0 saturated carbocycles. The second-order valence-corrected chi connectivity index (χ2v) is 6.15. The van der Waals surface area contributed by atoms with Gasteiger partial charge in [0.1, 0.15) is 0 Å². The Bertz CT molecular complexity index is 904. The summed E-state index contributed by atoms with van der Waals surface area (Å²) < 4.78 is 5.23. The van der Waals surface area contributed by atoms with Gasteiger partial charge in [-0.2, -0.15) is 15.0 Å². The first kappa shape index (κ1) is 18.6. The number of nitrogen functional groups attached to an aromatic ring is 1. The lowest BCUT2D eigenvalue weighted by Crippen LogP contribution is -2.11. The maximum atomic E-state index is 12.0. The van der Waals surface area contributed by atoms with Gasteiger partial charge in [0, 0.05) is 17.1 Å². The van der Waals surface area contributed by atoms with Crippen molar-refractivity contribution >= 4 is 35.2 Å². The SMILES string of the molecule is Nc1nc(COC(=O)CCc2ccc(Cl)cc2)nc(Nc2ccccc2)n1. The number of nitrogens with two attached hydrogens (primary N) is 1.